The van der Waals surface area contributed by atoms with Crippen molar-refractivity contribution in [2.45, 2.75) is 43.5 Å². The van der Waals surface area contributed by atoms with E-state index in [0.29, 0.717) is 34.8 Å². The molecule has 7 rings (SSSR count). The highest BCUT2D eigenvalue weighted by molar-refractivity contribution is 8.00. The van der Waals surface area contributed by atoms with Gasteiger partial charge in [-0.3, -0.25) is 19.3 Å². The lowest BCUT2D eigenvalue weighted by atomic mass is 10.0. The second kappa shape index (κ2) is 19.5. The van der Waals surface area contributed by atoms with Crippen LogP contribution in [0, 0.1) is 6.92 Å². The molecule has 298 valence electrons. The quantitative estimate of drug-likeness (QED) is 0.0570. The van der Waals surface area contributed by atoms with Crippen molar-refractivity contribution in [3.05, 3.63) is 189 Å². The summed E-state index contributed by atoms with van der Waals surface area (Å²) in [5, 5.41) is 8.64. The van der Waals surface area contributed by atoms with E-state index in [1.807, 2.05) is 91.9 Å². The highest BCUT2D eigenvalue weighted by Gasteiger charge is 2.32. The number of carbonyl (C=O) groups is 4. The second-order valence-corrected chi connectivity index (χ2v) is 16.3. The molecule has 0 saturated carbocycles. The molecule has 6 aromatic rings. The highest BCUT2D eigenvalue weighted by Crippen LogP contribution is 2.41. The van der Waals surface area contributed by atoms with Gasteiger partial charge in [0.2, 0.25) is 5.91 Å². The van der Waals surface area contributed by atoms with Gasteiger partial charge in [0.25, 0.3) is 11.8 Å². The minimum Gasteiger partial charge on any atom is -0.462 e. The smallest absolute Gasteiger partial charge is 0.341 e. The van der Waals surface area contributed by atoms with Crippen molar-refractivity contribution in [2.75, 3.05) is 23.8 Å². The van der Waals surface area contributed by atoms with Crippen molar-refractivity contribution in [3.63, 3.8) is 0 Å². The molecule has 0 fully saturated rings. The van der Waals surface area contributed by atoms with Gasteiger partial charge in [-0.2, -0.15) is 0 Å². The summed E-state index contributed by atoms with van der Waals surface area (Å²) in [4.78, 5) is 59.1. The Kier molecular flexibility index (Phi) is 13.5. The first-order valence-electron chi connectivity index (χ1n) is 19.4. The Morgan fingerprint density at radius 2 is 1.54 bits per heavy atom. The van der Waals surface area contributed by atoms with Crippen LogP contribution in [0.3, 0.4) is 0 Å². The summed E-state index contributed by atoms with van der Waals surface area (Å²) < 4.78 is 5.52. The molecule has 1 aromatic heterocycles. The number of carbonyl (C=O) groups excluding carboxylic acids is 4. The van der Waals surface area contributed by atoms with Crippen molar-refractivity contribution in [3.8, 4) is 0 Å². The zero-order valence-electron chi connectivity index (χ0n) is 32.8. The van der Waals surface area contributed by atoms with E-state index in [1.54, 1.807) is 55.5 Å². The summed E-state index contributed by atoms with van der Waals surface area (Å²) in [6.45, 7) is 6.17. The number of rotatable bonds is 14. The Labute approximate surface area is 352 Å². The first-order chi connectivity index (χ1) is 28.7. The molecule has 1 unspecified atom stereocenters. The van der Waals surface area contributed by atoms with Gasteiger partial charge in [-0.25, -0.2) is 4.79 Å². The normalized spacial score (nSPS) is 13.2. The Balaban J connectivity index is 1.12. The summed E-state index contributed by atoms with van der Waals surface area (Å²) in [6, 6.07) is 43.3. The minimum atomic E-state index is -0.715. The van der Waals surface area contributed by atoms with E-state index in [2.05, 4.69) is 33.0 Å². The summed E-state index contributed by atoms with van der Waals surface area (Å²) in [5.41, 5.74) is 6.07. The number of thioether (sulfide) groups is 1. The molecule has 0 spiro atoms. The number of nitrogens with zero attached hydrogens (tertiary/aromatic N) is 1. The number of nitrogens with one attached hydrogen (secondary N) is 3. The van der Waals surface area contributed by atoms with Gasteiger partial charge in [0, 0.05) is 40.7 Å². The molecule has 1 aliphatic rings. The standard InChI is InChI=1S/C48H44N4O5S2/c1-3-57-48(56)42-39-25-26-52(30-33-16-7-4-8-17-33)31-41(39)59-47(42)51-46(55)43(35-19-9-5-10-20-35)58-38-24-14-23-37(29-38)49-45(54)40(28-34-18-13-15-32(2)27-34)50-44(53)36-21-11-6-12-22-36/h4-24,27-29,43H,3,25-26,30-31H2,1-2H3,(H,49,54)(H,50,53)(H,51,55)/b40-28+. The molecule has 0 aliphatic carbocycles. The maximum Gasteiger partial charge on any atom is 0.341 e. The molecule has 5 aromatic carbocycles. The maximum absolute atomic E-state index is 14.4. The summed E-state index contributed by atoms with van der Waals surface area (Å²) >= 11 is 2.75. The molecule has 0 radical (unpaired) electrons. The van der Waals surface area contributed by atoms with E-state index in [9.17, 15) is 19.2 Å². The van der Waals surface area contributed by atoms with Crippen molar-refractivity contribution in [1.82, 2.24) is 10.2 Å². The summed E-state index contributed by atoms with van der Waals surface area (Å²) in [6.07, 6.45) is 2.31. The minimum absolute atomic E-state index is 0.0725. The van der Waals surface area contributed by atoms with E-state index in [1.165, 1.54) is 28.7 Å². The summed E-state index contributed by atoms with van der Waals surface area (Å²) in [7, 11) is 0. The van der Waals surface area contributed by atoms with Crippen molar-refractivity contribution in [1.29, 1.82) is 0 Å². The number of thiophene rings is 1. The van der Waals surface area contributed by atoms with Crippen LogP contribution in [0.5, 0.6) is 0 Å². The fourth-order valence-corrected chi connectivity index (χ4v) is 9.23. The van der Waals surface area contributed by atoms with Crippen LogP contribution in [0.25, 0.3) is 6.08 Å². The van der Waals surface area contributed by atoms with Gasteiger partial charge in [0.1, 0.15) is 15.9 Å². The zero-order valence-corrected chi connectivity index (χ0v) is 34.4. The number of hydrogen-bond donors (Lipinski definition) is 3. The van der Waals surface area contributed by atoms with Crippen LogP contribution in [0.15, 0.2) is 150 Å². The third-order valence-electron chi connectivity index (χ3n) is 9.67. The van der Waals surface area contributed by atoms with Crippen LogP contribution in [-0.2, 0) is 33.8 Å². The molecule has 59 heavy (non-hydrogen) atoms. The summed E-state index contributed by atoms with van der Waals surface area (Å²) in [5.74, 6) is -1.67. The van der Waals surface area contributed by atoms with E-state index >= 15 is 0 Å². The Morgan fingerprint density at radius 1 is 0.831 bits per heavy atom. The Bertz CT molecular complexity index is 2470. The SMILES string of the molecule is CCOC(=O)c1c(NC(=O)C(Sc2cccc(NC(=O)/C(=C\c3cccc(C)c3)NC(=O)c3ccccc3)c2)c2ccccc2)sc2c1CCN(Cc1ccccc1)C2. The van der Waals surface area contributed by atoms with Gasteiger partial charge in [-0.1, -0.05) is 115 Å². The number of amides is 3. The van der Waals surface area contributed by atoms with Crippen LogP contribution in [0.2, 0.25) is 0 Å². The van der Waals surface area contributed by atoms with E-state index < -0.39 is 23.0 Å². The van der Waals surface area contributed by atoms with Crippen molar-refractivity contribution < 1.29 is 23.9 Å². The fraction of sp³-hybridized carbons (Fsp3) is 0.167. The molecule has 3 amide bonds. The zero-order chi connectivity index (χ0) is 41.1. The Hall–Kier alpha value is -6.27. The monoisotopic (exact) mass is 820 g/mol. The van der Waals surface area contributed by atoms with Crippen LogP contribution >= 0.6 is 23.1 Å². The molecule has 3 N–H and O–H groups in total. The average molecular weight is 821 g/mol. The molecule has 11 heteroatoms. The first-order valence-corrected chi connectivity index (χ1v) is 21.1. The number of anilines is 2. The number of ether oxygens (including phenoxy) is 1. The maximum atomic E-state index is 14.4. The molecule has 1 aliphatic heterocycles. The highest BCUT2D eigenvalue weighted by atomic mass is 32.2. The molecule has 0 bridgehead atoms. The largest absolute Gasteiger partial charge is 0.462 e. The van der Waals surface area contributed by atoms with Gasteiger partial charge in [-0.15, -0.1) is 23.1 Å². The van der Waals surface area contributed by atoms with Gasteiger partial charge in [0.05, 0.1) is 12.2 Å². The van der Waals surface area contributed by atoms with Gasteiger partial charge < -0.3 is 20.7 Å². The molecule has 9 nitrogen and oxygen atoms in total. The van der Waals surface area contributed by atoms with E-state index in [-0.39, 0.29) is 18.2 Å². The lowest BCUT2D eigenvalue weighted by Crippen LogP contribution is -2.30. The van der Waals surface area contributed by atoms with Crippen LogP contribution in [-0.4, -0.2) is 41.7 Å². The van der Waals surface area contributed by atoms with Crippen LogP contribution in [0.4, 0.5) is 10.7 Å². The molecule has 1 atom stereocenters. The van der Waals surface area contributed by atoms with Crippen molar-refractivity contribution >= 4 is 63.6 Å². The third kappa shape index (κ3) is 10.6. The lowest BCUT2D eigenvalue weighted by molar-refractivity contribution is -0.116. The molecular weight excluding hydrogens is 777 g/mol. The average Bonchev–Trinajstić information content (AvgIpc) is 3.60. The first kappa shape index (κ1) is 40.9. The van der Waals surface area contributed by atoms with Gasteiger partial charge >= 0.3 is 5.97 Å². The third-order valence-corrected chi connectivity index (χ3v) is 12.0. The topological polar surface area (TPSA) is 117 Å². The van der Waals surface area contributed by atoms with Gasteiger partial charge in [0.15, 0.2) is 0 Å². The number of fused-ring (bicyclic) bond motifs is 1. The Morgan fingerprint density at radius 3 is 2.27 bits per heavy atom. The molecule has 2 heterocycles. The number of hydrogen-bond acceptors (Lipinski definition) is 8. The number of aryl methyl sites for hydroxylation is 1. The second-order valence-electron chi connectivity index (χ2n) is 14.0. The molecule has 0 saturated heterocycles. The van der Waals surface area contributed by atoms with Gasteiger partial charge in [-0.05, 0) is 78.9 Å². The predicted octanol–water partition coefficient (Wildman–Crippen LogP) is 9.67. The van der Waals surface area contributed by atoms with Crippen LogP contribution < -0.4 is 16.0 Å². The van der Waals surface area contributed by atoms with E-state index in [0.717, 1.165) is 45.1 Å². The van der Waals surface area contributed by atoms with Crippen LogP contribution in [0.1, 0.15) is 65.6 Å². The number of benzene rings is 5. The molecular formula is C48H44N4O5S2. The number of esters is 1. The van der Waals surface area contributed by atoms with E-state index in [4.69, 9.17) is 4.74 Å². The fourth-order valence-electron chi connectivity index (χ4n) is 6.87. The predicted molar refractivity (Wildman–Crippen MR) is 236 cm³/mol. The lowest BCUT2D eigenvalue weighted by Gasteiger charge is -2.27. The van der Waals surface area contributed by atoms with Crippen molar-refractivity contribution in [2.24, 2.45) is 0 Å².